The van der Waals surface area contributed by atoms with Crippen molar-refractivity contribution in [3.63, 3.8) is 0 Å². The van der Waals surface area contributed by atoms with Crippen molar-refractivity contribution in [2.24, 2.45) is 0 Å². The summed E-state index contributed by atoms with van der Waals surface area (Å²) in [7, 11) is 1.33. The number of anilines is 1. The fourth-order valence-corrected chi connectivity index (χ4v) is 1.95. The number of nitro groups is 2. The Hall–Kier alpha value is -3.75. The smallest absolute Gasteiger partial charge is 0.273 e. The molecule has 0 aromatic heterocycles. The number of nitrogens with one attached hydrogen (secondary N) is 1. The van der Waals surface area contributed by atoms with E-state index >= 15 is 0 Å². The molecule has 2 aromatic rings. The summed E-state index contributed by atoms with van der Waals surface area (Å²) in [5.74, 6) is -0.322. The van der Waals surface area contributed by atoms with E-state index in [9.17, 15) is 25.0 Å². The van der Waals surface area contributed by atoms with E-state index in [2.05, 4.69) is 5.32 Å². The molecule has 9 heteroatoms. The zero-order valence-corrected chi connectivity index (χ0v) is 13.0. The third-order valence-corrected chi connectivity index (χ3v) is 3.18. The van der Waals surface area contributed by atoms with Gasteiger partial charge in [0.25, 0.3) is 11.4 Å². The van der Waals surface area contributed by atoms with Crippen LogP contribution in [0.4, 0.5) is 17.1 Å². The van der Waals surface area contributed by atoms with Gasteiger partial charge in [-0.3, -0.25) is 25.0 Å². The number of hydrogen-bond donors (Lipinski definition) is 1. The molecule has 25 heavy (non-hydrogen) atoms. The fraction of sp³-hybridized carbons (Fsp3) is 0.0625. The van der Waals surface area contributed by atoms with Crippen molar-refractivity contribution >= 4 is 29.0 Å². The minimum atomic E-state index is -0.567. The van der Waals surface area contributed by atoms with E-state index in [1.165, 1.54) is 61.7 Å². The largest absolute Gasteiger partial charge is 0.494 e. The lowest BCUT2D eigenvalue weighted by atomic mass is 10.2. The number of ether oxygens (including phenoxy) is 1. The second-order valence-corrected chi connectivity index (χ2v) is 4.81. The van der Waals surface area contributed by atoms with Gasteiger partial charge in [-0.1, -0.05) is 0 Å². The van der Waals surface area contributed by atoms with Gasteiger partial charge in [-0.25, -0.2) is 0 Å². The van der Waals surface area contributed by atoms with Gasteiger partial charge in [0.1, 0.15) is 5.75 Å². The quantitative estimate of drug-likeness (QED) is 0.488. The monoisotopic (exact) mass is 343 g/mol. The van der Waals surface area contributed by atoms with Crippen molar-refractivity contribution in [3.05, 3.63) is 74.3 Å². The van der Waals surface area contributed by atoms with Crippen LogP contribution >= 0.6 is 0 Å². The normalized spacial score (nSPS) is 10.4. The highest BCUT2D eigenvalue weighted by Gasteiger charge is 2.12. The SMILES string of the molecule is COc1cc([N+](=O)[O-])ccc1NC(=O)/C=C/c1ccc([N+](=O)[O-])cc1. The van der Waals surface area contributed by atoms with Gasteiger partial charge in [0, 0.05) is 24.3 Å². The molecule has 0 heterocycles. The van der Waals surface area contributed by atoms with Crippen LogP contribution in [0, 0.1) is 20.2 Å². The molecule has 0 saturated carbocycles. The molecule has 2 rings (SSSR count). The zero-order chi connectivity index (χ0) is 18.4. The summed E-state index contributed by atoms with van der Waals surface area (Å²) >= 11 is 0. The molecule has 1 amide bonds. The Kier molecular flexibility index (Phi) is 5.41. The first-order chi connectivity index (χ1) is 11.9. The summed E-state index contributed by atoms with van der Waals surface area (Å²) in [4.78, 5) is 32.2. The van der Waals surface area contributed by atoms with E-state index in [1.807, 2.05) is 0 Å². The minimum Gasteiger partial charge on any atom is -0.494 e. The first-order valence-corrected chi connectivity index (χ1v) is 6.96. The number of rotatable bonds is 6. The zero-order valence-electron chi connectivity index (χ0n) is 13.0. The molecule has 0 aliphatic heterocycles. The van der Waals surface area contributed by atoms with Crippen molar-refractivity contribution < 1.29 is 19.4 Å². The van der Waals surface area contributed by atoms with Crippen LogP contribution in [-0.4, -0.2) is 22.9 Å². The van der Waals surface area contributed by atoms with Gasteiger partial charge in [-0.15, -0.1) is 0 Å². The third-order valence-electron chi connectivity index (χ3n) is 3.18. The van der Waals surface area contributed by atoms with E-state index in [0.29, 0.717) is 5.56 Å². The maximum Gasteiger partial charge on any atom is 0.273 e. The van der Waals surface area contributed by atoms with Gasteiger partial charge < -0.3 is 10.1 Å². The van der Waals surface area contributed by atoms with E-state index in [4.69, 9.17) is 4.74 Å². The Morgan fingerprint density at radius 3 is 2.20 bits per heavy atom. The second-order valence-electron chi connectivity index (χ2n) is 4.81. The number of nitro benzene ring substituents is 2. The van der Waals surface area contributed by atoms with E-state index in [-0.39, 0.29) is 22.8 Å². The first-order valence-electron chi connectivity index (χ1n) is 6.96. The molecule has 1 N–H and O–H groups in total. The highest BCUT2D eigenvalue weighted by molar-refractivity contribution is 6.02. The Balaban J connectivity index is 2.09. The Labute approximate surface area is 141 Å². The summed E-state index contributed by atoms with van der Waals surface area (Å²) in [6, 6.07) is 9.50. The van der Waals surface area contributed by atoms with E-state index in [1.54, 1.807) is 0 Å². The summed E-state index contributed by atoms with van der Waals surface area (Å²) in [5.41, 5.74) is 0.691. The molecule has 0 unspecified atom stereocenters. The lowest BCUT2D eigenvalue weighted by Crippen LogP contribution is -2.09. The Bertz CT molecular complexity index is 845. The molecular weight excluding hydrogens is 330 g/mol. The van der Waals surface area contributed by atoms with Crippen LogP contribution in [0.1, 0.15) is 5.56 Å². The fourth-order valence-electron chi connectivity index (χ4n) is 1.95. The number of hydrogen-bond acceptors (Lipinski definition) is 6. The first kappa shape index (κ1) is 17.6. The molecule has 0 saturated heterocycles. The Morgan fingerprint density at radius 2 is 1.64 bits per heavy atom. The van der Waals surface area contributed by atoms with Crippen LogP contribution < -0.4 is 10.1 Å². The van der Waals surface area contributed by atoms with E-state index in [0.717, 1.165) is 0 Å². The molecule has 0 aliphatic rings. The summed E-state index contributed by atoms with van der Waals surface area (Å²) in [6.07, 6.45) is 2.72. The van der Waals surface area contributed by atoms with Crippen LogP contribution in [0.3, 0.4) is 0 Å². The van der Waals surface area contributed by atoms with Crippen molar-refractivity contribution in [1.82, 2.24) is 0 Å². The molecule has 9 nitrogen and oxygen atoms in total. The lowest BCUT2D eigenvalue weighted by molar-refractivity contribution is -0.385. The lowest BCUT2D eigenvalue weighted by Gasteiger charge is -2.08. The van der Waals surface area contributed by atoms with Gasteiger partial charge in [0.15, 0.2) is 0 Å². The summed E-state index contributed by atoms with van der Waals surface area (Å²) in [6.45, 7) is 0. The average Bonchev–Trinajstić information content (AvgIpc) is 2.60. The molecule has 2 aromatic carbocycles. The van der Waals surface area contributed by atoms with Gasteiger partial charge in [-0.05, 0) is 29.8 Å². The van der Waals surface area contributed by atoms with Crippen LogP contribution in [0.15, 0.2) is 48.5 Å². The van der Waals surface area contributed by atoms with E-state index < -0.39 is 15.8 Å². The number of non-ortho nitro benzene ring substituents is 2. The number of benzene rings is 2. The predicted molar refractivity (Wildman–Crippen MR) is 90.4 cm³/mol. The van der Waals surface area contributed by atoms with Crippen molar-refractivity contribution in [2.75, 3.05) is 12.4 Å². The molecule has 0 bridgehead atoms. The van der Waals surface area contributed by atoms with Crippen molar-refractivity contribution in [2.45, 2.75) is 0 Å². The molecule has 0 aliphatic carbocycles. The minimum absolute atomic E-state index is 0.0442. The molecular formula is C16H13N3O6. The third kappa shape index (κ3) is 4.61. The molecule has 0 radical (unpaired) electrons. The second kappa shape index (κ2) is 7.68. The topological polar surface area (TPSA) is 125 Å². The number of carbonyl (C=O) groups is 1. The number of carbonyl (C=O) groups excluding carboxylic acids is 1. The predicted octanol–water partition coefficient (Wildman–Crippen LogP) is 3.16. The average molecular weight is 343 g/mol. The highest BCUT2D eigenvalue weighted by Crippen LogP contribution is 2.29. The molecule has 0 atom stereocenters. The van der Waals surface area contributed by atoms with Gasteiger partial charge in [-0.2, -0.15) is 0 Å². The van der Waals surface area contributed by atoms with Gasteiger partial charge in [0.2, 0.25) is 5.91 Å². The van der Waals surface area contributed by atoms with Crippen molar-refractivity contribution in [1.29, 1.82) is 0 Å². The maximum absolute atomic E-state index is 12.0. The van der Waals surface area contributed by atoms with Crippen molar-refractivity contribution in [3.8, 4) is 5.75 Å². The standard InChI is InChI=1S/C16H13N3O6/c1-25-15-10-13(19(23)24)7-8-14(15)17-16(20)9-4-11-2-5-12(6-3-11)18(21)22/h2-10H,1H3,(H,17,20)/b9-4+. The Morgan fingerprint density at radius 1 is 1.04 bits per heavy atom. The van der Waals surface area contributed by atoms with Crippen LogP contribution in [0.5, 0.6) is 5.75 Å². The van der Waals surface area contributed by atoms with Crippen LogP contribution in [-0.2, 0) is 4.79 Å². The maximum atomic E-state index is 12.0. The van der Waals surface area contributed by atoms with Crippen LogP contribution in [0.2, 0.25) is 0 Å². The number of nitrogens with zero attached hydrogens (tertiary/aromatic N) is 2. The summed E-state index contributed by atoms with van der Waals surface area (Å²) in [5, 5.41) is 23.9. The number of amides is 1. The number of methoxy groups -OCH3 is 1. The van der Waals surface area contributed by atoms with Crippen LogP contribution in [0.25, 0.3) is 6.08 Å². The molecule has 128 valence electrons. The highest BCUT2D eigenvalue weighted by atomic mass is 16.6. The molecule has 0 spiro atoms. The van der Waals surface area contributed by atoms with Gasteiger partial charge in [0.05, 0.1) is 28.7 Å². The van der Waals surface area contributed by atoms with Gasteiger partial charge >= 0.3 is 0 Å². The molecule has 0 fully saturated rings. The summed E-state index contributed by atoms with van der Waals surface area (Å²) < 4.78 is 5.03.